The Labute approximate surface area is 121 Å². The zero-order valence-electron chi connectivity index (χ0n) is 11.2. The van der Waals surface area contributed by atoms with Gasteiger partial charge in [-0.3, -0.25) is 9.59 Å². The summed E-state index contributed by atoms with van der Waals surface area (Å²) >= 11 is 0. The van der Waals surface area contributed by atoms with E-state index < -0.39 is 0 Å². The van der Waals surface area contributed by atoms with Crippen LogP contribution in [0.2, 0.25) is 0 Å². The first-order valence-electron chi connectivity index (χ1n) is 5.12. The molecule has 0 spiro atoms. The average molecular weight is 307 g/mol. The van der Waals surface area contributed by atoms with Crippen LogP contribution in [0, 0.1) is 0 Å². The summed E-state index contributed by atoms with van der Waals surface area (Å²) in [7, 11) is 0. The van der Waals surface area contributed by atoms with Gasteiger partial charge in [-0.05, 0) is 27.7 Å². The van der Waals surface area contributed by atoms with Crippen LogP contribution < -0.4 is 11.5 Å². The van der Waals surface area contributed by atoms with Gasteiger partial charge in [0, 0.05) is 0 Å². The van der Waals surface area contributed by atoms with Crippen molar-refractivity contribution in [3.8, 4) is 0 Å². The molecular weight excluding hydrogens is 283 g/mol. The van der Waals surface area contributed by atoms with Crippen molar-refractivity contribution in [2.24, 2.45) is 11.5 Å². The molecule has 0 saturated carbocycles. The second kappa shape index (κ2) is 16.4. The van der Waals surface area contributed by atoms with Gasteiger partial charge in [-0.2, -0.15) is 0 Å². The predicted octanol–water partition coefficient (Wildman–Crippen LogP) is 0.637. The summed E-state index contributed by atoms with van der Waals surface area (Å²) in [6, 6.07) is 0. The standard InChI is InChI=1S/2C5H11NO2.2ClH/c2*1-4(2)8-5(7)3-6;;/h2*4H,3,6H2,1-2H3;2*1H. The van der Waals surface area contributed by atoms with Gasteiger partial charge in [0.1, 0.15) is 0 Å². The topological polar surface area (TPSA) is 105 Å². The smallest absolute Gasteiger partial charge is 0.319 e. The molecule has 4 N–H and O–H groups in total. The van der Waals surface area contributed by atoms with E-state index in [0.29, 0.717) is 0 Å². The molecule has 0 bridgehead atoms. The van der Waals surface area contributed by atoms with Crippen molar-refractivity contribution in [3.63, 3.8) is 0 Å². The molecule has 0 aliphatic rings. The van der Waals surface area contributed by atoms with Crippen LogP contribution in [-0.4, -0.2) is 37.2 Å². The minimum absolute atomic E-state index is 0. The Morgan fingerprint density at radius 1 is 0.833 bits per heavy atom. The van der Waals surface area contributed by atoms with E-state index in [2.05, 4.69) is 9.47 Å². The number of hydrogen-bond donors (Lipinski definition) is 2. The number of carbonyl (C=O) groups is 2. The van der Waals surface area contributed by atoms with Gasteiger partial charge in [-0.15, -0.1) is 24.8 Å². The van der Waals surface area contributed by atoms with Crippen molar-refractivity contribution in [1.29, 1.82) is 0 Å². The normalized spacial score (nSPS) is 8.44. The van der Waals surface area contributed by atoms with E-state index in [0.717, 1.165) is 0 Å². The van der Waals surface area contributed by atoms with Crippen LogP contribution in [0.3, 0.4) is 0 Å². The van der Waals surface area contributed by atoms with E-state index in [-0.39, 0.29) is 62.1 Å². The Balaban J connectivity index is -0.0000000980. The van der Waals surface area contributed by atoms with Crippen molar-refractivity contribution >= 4 is 36.8 Å². The number of rotatable bonds is 4. The molecule has 0 fully saturated rings. The second-order valence-electron chi connectivity index (χ2n) is 3.49. The number of ether oxygens (including phenoxy) is 2. The molecule has 0 rings (SSSR count). The Morgan fingerprint density at radius 3 is 1.11 bits per heavy atom. The summed E-state index contributed by atoms with van der Waals surface area (Å²) in [5.41, 5.74) is 9.89. The number of halogens is 2. The summed E-state index contributed by atoms with van der Waals surface area (Å²) in [4.78, 5) is 20.6. The SMILES string of the molecule is CC(C)OC(=O)CN.CC(C)OC(=O)CN.Cl.Cl. The van der Waals surface area contributed by atoms with Gasteiger partial charge >= 0.3 is 11.9 Å². The zero-order chi connectivity index (χ0) is 13.1. The summed E-state index contributed by atoms with van der Waals surface area (Å²) in [5, 5.41) is 0. The van der Waals surface area contributed by atoms with E-state index in [1.165, 1.54) is 0 Å². The molecule has 6 nitrogen and oxygen atoms in total. The highest BCUT2D eigenvalue weighted by atomic mass is 35.5. The summed E-state index contributed by atoms with van der Waals surface area (Å²) in [6.45, 7) is 7.08. The number of esters is 2. The van der Waals surface area contributed by atoms with Crippen molar-refractivity contribution in [2.75, 3.05) is 13.1 Å². The van der Waals surface area contributed by atoms with Crippen molar-refractivity contribution < 1.29 is 19.1 Å². The lowest BCUT2D eigenvalue weighted by Gasteiger charge is -2.04. The molecule has 8 heteroatoms. The molecule has 0 aromatic heterocycles. The maximum atomic E-state index is 10.3. The number of hydrogen-bond acceptors (Lipinski definition) is 6. The minimum atomic E-state index is -0.347. The first-order chi connectivity index (χ1) is 7.33. The van der Waals surface area contributed by atoms with Gasteiger partial charge in [0.25, 0.3) is 0 Å². The fraction of sp³-hybridized carbons (Fsp3) is 0.800. The fourth-order valence-electron chi connectivity index (χ4n) is 0.622. The minimum Gasteiger partial charge on any atom is -0.462 e. The lowest BCUT2D eigenvalue weighted by molar-refractivity contribution is -0.146. The highest BCUT2D eigenvalue weighted by molar-refractivity contribution is 5.85. The Hall–Kier alpha value is -0.560. The van der Waals surface area contributed by atoms with Crippen molar-refractivity contribution in [2.45, 2.75) is 39.9 Å². The van der Waals surface area contributed by atoms with Crippen LogP contribution in [-0.2, 0) is 19.1 Å². The third-order valence-corrected chi connectivity index (χ3v) is 1.07. The quantitative estimate of drug-likeness (QED) is 0.738. The Morgan fingerprint density at radius 2 is 1.06 bits per heavy atom. The van der Waals surface area contributed by atoms with Gasteiger partial charge in [-0.25, -0.2) is 0 Å². The third kappa shape index (κ3) is 24.6. The lowest BCUT2D eigenvalue weighted by Crippen LogP contribution is -2.20. The molecule has 0 aromatic carbocycles. The molecule has 0 aromatic rings. The molecule has 0 aliphatic heterocycles. The maximum absolute atomic E-state index is 10.3. The van der Waals surface area contributed by atoms with Crippen LogP contribution in [0.25, 0.3) is 0 Å². The van der Waals surface area contributed by atoms with Crippen LogP contribution >= 0.6 is 24.8 Å². The second-order valence-corrected chi connectivity index (χ2v) is 3.49. The average Bonchev–Trinajstić information content (AvgIpc) is 2.16. The lowest BCUT2D eigenvalue weighted by atomic mass is 10.5. The summed E-state index contributed by atoms with van der Waals surface area (Å²) in [5.74, 6) is -0.694. The van der Waals surface area contributed by atoms with E-state index in [4.69, 9.17) is 11.5 Å². The van der Waals surface area contributed by atoms with Gasteiger partial charge in [0.15, 0.2) is 0 Å². The monoisotopic (exact) mass is 306 g/mol. The molecule has 0 aliphatic carbocycles. The molecule has 112 valence electrons. The van der Waals surface area contributed by atoms with E-state index in [1.807, 2.05) is 0 Å². The number of nitrogens with two attached hydrogens (primary N) is 2. The van der Waals surface area contributed by atoms with Gasteiger partial charge < -0.3 is 20.9 Å². The molecule has 0 heterocycles. The van der Waals surface area contributed by atoms with Crippen LogP contribution in [0.4, 0.5) is 0 Å². The Bertz CT molecular complexity index is 192. The van der Waals surface area contributed by atoms with Gasteiger partial charge in [0.2, 0.25) is 0 Å². The van der Waals surface area contributed by atoms with Crippen LogP contribution in [0.5, 0.6) is 0 Å². The van der Waals surface area contributed by atoms with E-state index >= 15 is 0 Å². The highest BCUT2D eigenvalue weighted by Gasteiger charge is 1.99. The molecule has 0 saturated heterocycles. The van der Waals surface area contributed by atoms with Crippen LogP contribution in [0.15, 0.2) is 0 Å². The van der Waals surface area contributed by atoms with Crippen molar-refractivity contribution in [3.05, 3.63) is 0 Å². The molecule has 0 radical (unpaired) electrons. The Kier molecular flexibility index (Phi) is 23.8. The zero-order valence-corrected chi connectivity index (χ0v) is 12.8. The van der Waals surface area contributed by atoms with Gasteiger partial charge in [-0.1, -0.05) is 0 Å². The van der Waals surface area contributed by atoms with Crippen molar-refractivity contribution in [1.82, 2.24) is 0 Å². The fourth-order valence-corrected chi connectivity index (χ4v) is 0.622. The van der Waals surface area contributed by atoms with E-state index in [1.54, 1.807) is 27.7 Å². The molecule has 18 heavy (non-hydrogen) atoms. The number of carbonyl (C=O) groups excluding carboxylic acids is 2. The molecule has 0 amide bonds. The van der Waals surface area contributed by atoms with Crippen LogP contribution in [0.1, 0.15) is 27.7 Å². The molecule has 0 atom stereocenters. The third-order valence-electron chi connectivity index (χ3n) is 1.07. The predicted molar refractivity (Wildman–Crippen MR) is 75.1 cm³/mol. The summed E-state index contributed by atoms with van der Waals surface area (Å²) < 4.78 is 9.27. The first kappa shape index (κ1) is 26.1. The molecular formula is C10H24Cl2N2O4. The molecule has 0 unspecified atom stereocenters. The largest absolute Gasteiger partial charge is 0.462 e. The summed E-state index contributed by atoms with van der Waals surface area (Å²) in [6.07, 6.45) is -0.0999. The van der Waals surface area contributed by atoms with Gasteiger partial charge in [0.05, 0.1) is 25.3 Å². The first-order valence-corrected chi connectivity index (χ1v) is 5.12. The maximum Gasteiger partial charge on any atom is 0.319 e. The van der Waals surface area contributed by atoms with E-state index in [9.17, 15) is 9.59 Å². The highest BCUT2D eigenvalue weighted by Crippen LogP contribution is 1.86.